The Kier molecular flexibility index (Phi) is 2.31. The number of ether oxygens (including phenoxy) is 1. The van der Waals surface area contributed by atoms with Gasteiger partial charge in [0, 0.05) is 20.1 Å². The molecule has 1 N–H and O–H groups in total. The Balaban J connectivity index is 2.26. The van der Waals surface area contributed by atoms with Crippen LogP contribution in [0.25, 0.3) is 0 Å². The number of fused-ring (bicyclic) bond motifs is 1. The van der Waals surface area contributed by atoms with Gasteiger partial charge in [-0.15, -0.1) is 0 Å². The van der Waals surface area contributed by atoms with Gasteiger partial charge in [0.25, 0.3) is 0 Å². The van der Waals surface area contributed by atoms with E-state index in [0.717, 1.165) is 6.54 Å². The number of nitrogens with zero attached hydrogens (tertiary/aromatic N) is 1. The molecule has 2 aliphatic rings. The van der Waals surface area contributed by atoms with Crippen LogP contribution in [0.3, 0.4) is 0 Å². The highest BCUT2D eigenvalue weighted by molar-refractivity contribution is 7.89. The minimum atomic E-state index is -3.08. The van der Waals surface area contributed by atoms with Gasteiger partial charge >= 0.3 is 0 Å². The lowest BCUT2D eigenvalue weighted by Gasteiger charge is -2.23. The van der Waals surface area contributed by atoms with E-state index in [9.17, 15) is 8.42 Å². The van der Waals surface area contributed by atoms with Gasteiger partial charge in [0.2, 0.25) is 10.0 Å². The number of sulfonamides is 1. The Labute approximate surface area is 78.1 Å². The third-order valence-corrected chi connectivity index (χ3v) is 4.54. The Morgan fingerprint density at radius 2 is 2.23 bits per heavy atom. The quantitative estimate of drug-likeness (QED) is 0.530. The van der Waals surface area contributed by atoms with Crippen molar-refractivity contribution in [3.63, 3.8) is 0 Å². The molecule has 0 amide bonds. The molecule has 0 aliphatic carbocycles. The summed E-state index contributed by atoms with van der Waals surface area (Å²) in [6.45, 7) is 1.76. The molecule has 13 heavy (non-hydrogen) atoms. The average molecular weight is 206 g/mol. The molecule has 0 aromatic carbocycles. The summed E-state index contributed by atoms with van der Waals surface area (Å²) in [6.07, 6.45) is 0.0299. The number of nitrogens with one attached hydrogen (secondary N) is 1. The first-order valence-corrected chi connectivity index (χ1v) is 6.00. The van der Waals surface area contributed by atoms with E-state index in [1.807, 2.05) is 0 Å². The number of hydrogen-bond donors (Lipinski definition) is 1. The molecule has 2 aliphatic heterocycles. The summed E-state index contributed by atoms with van der Waals surface area (Å²) in [5, 5.41) is 3.13. The Bertz CT molecular complexity index is 290. The zero-order valence-corrected chi connectivity index (χ0v) is 8.38. The summed E-state index contributed by atoms with van der Waals surface area (Å²) < 4.78 is 30.0. The molecule has 2 rings (SSSR count). The zero-order valence-electron chi connectivity index (χ0n) is 7.56. The zero-order chi connectivity index (χ0) is 9.47. The first-order valence-electron chi connectivity index (χ1n) is 4.39. The molecule has 0 saturated carbocycles. The Hall–Kier alpha value is -0.170. The monoisotopic (exact) mass is 206 g/mol. The number of likely N-dealkylation sites (N-methyl/N-ethyl adjacent to an activating group) is 1. The van der Waals surface area contributed by atoms with E-state index in [1.165, 1.54) is 4.31 Å². The summed E-state index contributed by atoms with van der Waals surface area (Å²) in [5.41, 5.74) is 0. The molecule has 0 spiro atoms. The fourth-order valence-corrected chi connectivity index (χ4v) is 3.05. The van der Waals surface area contributed by atoms with Crippen LogP contribution in [0, 0.1) is 0 Å². The minimum absolute atomic E-state index is 0.0208. The average Bonchev–Trinajstić information content (AvgIpc) is 2.47. The van der Waals surface area contributed by atoms with E-state index in [1.54, 1.807) is 7.05 Å². The molecule has 2 fully saturated rings. The normalized spacial score (nSPS) is 39.8. The van der Waals surface area contributed by atoms with Crippen LogP contribution in [-0.2, 0) is 14.8 Å². The van der Waals surface area contributed by atoms with Crippen LogP contribution in [0.1, 0.15) is 0 Å². The van der Waals surface area contributed by atoms with Gasteiger partial charge in [-0.2, -0.15) is 4.31 Å². The predicted molar refractivity (Wildman–Crippen MR) is 47.9 cm³/mol. The van der Waals surface area contributed by atoms with E-state index >= 15 is 0 Å². The molecular formula is C7H14N2O3S. The molecule has 0 bridgehead atoms. The maximum atomic E-state index is 11.6. The van der Waals surface area contributed by atoms with Crippen LogP contribution < -0.4 is 5.32 Å². The van der Waals surface area contributed by atoms with Crippen molar-refractivity contribution in [1.82, 2.24) is 9.62 Å². The molecule has 0 aromatic heterocycles. The van der Waals surface area contributed by atoms with Crippen molar-refractivity contribution in [3.05, 3.63) is 0 Å². The minimum Gasteiger partial charge on any atom is -0.374 e. The van der Waals surface area contributed by atoms with Gasteiger partial charge in [0.15, 0.2) is 0 Å². The smallest absolute Gasteiger partial charge is 0.216 e. The molecule has 0 unspecified atom stereocenters. The molecular weight excluding hydrogens is 192 g/mol. The van der Waals surface area contributed by atoms with Crippen molar-refractivity contribution in [2.24, 2.45) is 0 Å². The van der Waals surface area contributed by atoms with Crippen molar-refractivity contribution in [2.75, 3.05) is 32.5 Å². The van der Waals surface area contributed by atoms with E-state index in [4.69, 9.17) is 4.74 Å². The van der Waals surface area contributed by atoms with Crippen LogP contribution >= 0.6 is 0 Å². The second kappa shape index (κ2) is 3.20. The topological polar surface area (TPSA) is 58.6 Å². The highest BCUT2D eigenvalue weighted by atomic mass is 32.2. The van der Waals surface area contributed by atoms with Gasteiger partial charge < -0.3 is 10.1 Å². The molecule has 6 heteroatoms. The summed E-state index contributed by atoms with van der Waals surface area (Å²) in [5.74, 6) is 0.108. The molecule has 2 atom stereocenters. The highest BCUT2D eigenvalue weighted by Crippen LogP contribution is 2.18. The van der Waals surface area contributed by atoms with Crippen molar-refractivity contribution in [2.45, 2.75) is 12.1 Å². The first kappa shape index (κ1) is 9.39. The van der Waals surface area contributed by atoms with Gasteiger partial charge in [0.05, 0.1) is 24.5 Å². The van der Waals surface area contributed by atoms with E-state index in [-0.39, 0.29) is 17.9 Å². The molecule has 2 heterocycles. The van der Waals surface area contributed by atoms with Gasteiger partial charge in [-0.3, -0.25) is 0 Å². The fraction of sp³-hybridized carbons (Fsp3) is 1.00. The maximum absolute atomic E-state index is 11.6. The van der Waals surface area contributed by atoms with Crippen molar-refractivity contribution in [3.8, 4) is 0 Å². The third kappa shape index (κ3) is 1.59. The fourth-order valence-electron chi connectivity index (χ4n) is 1.83. The lowest BCUT2D eigenvalue weighted by molar-refractivity contribution is 0.0545. The highest BCUT2D eigenvalue weighted by Gasteiger charge is 2.38. The van der Waals surface area contributed by atoms with E-state index < -0.39 is 10.0 Å². The van der Waals surface area contributed by atoms with Crippen LogP contribution in [0.15, 0.2) is 0 Å². The van der Waals surface area contributed by atoms with Crippen molar-refractivity contribution < 1.29 is 13.2 Å². The van der Waals surface area contributed by atoms with Crippen LogP contribution in [0.5, 0.6) is 0 Å². The number of rotatable bonds is 0. The molecule has 5 nitrogen and oxygen atoms in total. The number of hydrogen-bond acceptors (Lipinski definition) is 4. The molecule has 0 radical (unpaired) electrons. The Morgan fingerprint density at radius 3 is 3.00 bits per heavy atom. The van der Waals surface area contributed by atoms with Gasteiger partial charge in [-0.05, 0) is 0 Å². The van der Waals surface area contributed by atoms with Gasteiger partial charge in [0.1, 0.15) is 0 Å². The van der Waals surface area contributed by atoms with Gasteiger partial charge in [-0.25, -0.2) is 8.42 Å². The standard InChI is InChI=1S/C7H14N2O3S/c1-9-6-4-8-5-7(6)12-2-3-13(9,10)11/h6-8H,2-5H2,1H3/t6-,7+/m1/s1. The third-order valence-electron chi connectivity index (χ3n) is 2.71. The van der Waals surface area contributed by atoms with Crippen LogP contribution in [0.2, 0.25) is 0 Å². The molecule has 0 aromatic rings. The molecule has 2 saturated heterocycles. The van der Waals surface area contributed by atoms with Crippen LogP contribution in [-0.4, -0.2) is 57.4 Å². The second-order valence-electron chi connectivity index (χ2n) is 3.47. The van der Waals surface area contributed by atoms with E-state index in [0.29, 0.717) is 13.2 Å². The second-order valence-corrected chi connectivity index (χ2v) is 5.62. The lowest BCUT2D eigenvalue weighted by atomic mass is 10.2. The molecule has 76 valence electrons. The SMILES string of the molecule is CN1[C@@H]2CNC[C@@H]2OCCS1(=O)=O. The van der Waals surface area contributed by atoms with Crippen molar-refractivity contribution in [1.29, 1.82) is 0 Å². The summed E-state index contributed by atoms with van der Waals surface area (Å²) in [6, 6.07) is -0.0208. The first-order chi connectivity index (χ1) is 6.11. The lowest BCUT2D eigenvalue weighted by Crippen LogP contribution is -2.43. The predicted octanol–water partition coefficient (Wildman–Crippen LogP) is -1.38. The Morgan fingerprint density at radius 1 is 1.46 bits per heavy atom. The summed E-state index contributed by atoms with van der Waals surface area (Å²) >= 11 is 0. The summed E-state index contributed by atoms with van der Waals surface area (Å²) in [7, 11) is -1.45. The largest absolute Gasteiger partial charge is 0.374 e. The summed E-state index contributed by atoms with van der Waals surface area (Å²) in [4.78, 5) is 0. The van der Waals surface area contributed by atoms with Crippen molar-refractivity contribution >= 4 is 10.0 Å². The van der Waals surface area contributed by atoms with Crippen LogP contribution in [0.4, 0.5) is 0 Å². The maximum Gasteiger partial charge on any atom is 0.216 e. The van der Waals surface area contributed by atoms with E-state index in [2.05, 4.69) is 5.32 Å². The van der Waals surface area contributed by atoms with Gasteiger partial charge in [-0.1, -0.05) is 0 Å².